The van der Waals surface area contributed by atoms with Gasteiger partial charge in [-0.1, -0.05) is 30.3 Å². The van der Waals surface area contributed by atoms with Crippen molar-refractivity contribution in [3.05, 3.63) is 96.4 Å². The molecule has 1 aliphatic heterocycles. The van der Waals surface area contributed by atoms with E-state index in [2.05, 4.69) is 30.2 Å². The predicted molar refractivity (Wildman–Crippen MR) is 163 cm³/mol. The van der Waals surface area contributed by atoms with E-state index in [1.165, 1.54) is 0 Å². The molecule has 1 fully saturated rings. The molecule has 10 nitrogen and oxygen atoms in total. The number of carbonyl (C=O) groups is 1. The van der Waals surface area contributed by atoms with Gasteiger partial charge in [0.15, 0.2) is 5.65 Å². The van der Waals surface area contributed by atoms with E-state index < -0.39 is 0 Å². The summed E-state index contributed by atoms with van der Waals surface area (Å²) in [5.41, 5.74) is 4.39. The minimum atomic E-state index is -0.107. The molecule has 214 valence electrons. The summed E-state index contributed by atoms with van der Waals surface area (Å²) < 4.78 is 12.7. The molecule has 3 aromatic carbocycles. The fraction of sp³-hybridized carbons (Fsp3) is 0.250. The van der Waals surface area contributed by atoms with Crippen LogP contribution in [0.2, 0.25) is 0 Å². The van der Waals surface area contributed by atoms with Crippen LogP contribution < -0.4 is 24.6 Å². The topological polar surface area (TPSA) is 97.6 Å². The van der Waals surface area contributed by atoms with Gasteiger partial charge in [0, 0.05) is 38.3 Å². The highest BCUT2D eigenvalue weighted by molar-refractivity contribution is 5.95. The highest BCUT2D eigenvalue weighted by Gasteiger charge is 2.24. The van der Waals surface area contributed by atoms with Gasteiger partial charge in [-0.2, -0.15) is 5.10 Å². The molecule has 0 atom stereocenters. The van der Waals surface area contributed by atoms with Crippen molar-refractivity contribution in [2.75, 3.05) is 56.7 Å². The zero-order chi connectivity index (χ0) is 28.9. The highest BCUT2D eigenvalue weighted by atomic mass is 16.5. The van der Waals surface area contributed by atoms with Crippen LogP contribution in [0.15, 0.2) is 85.3 Å². The van der Waals surface area contributed by atoms with E-state index in [0.717, 1.165) is 77.9 Å². The first-order chi connectivity index (χ1) is 20.6. The number of nitrogens with zero attached hydrogens (tertiary/aromatic N) is 6. The summed E-state index contributed by atoms with van der Waals surface area (Å²) in [7, 11) is 3.31. The fourth-order valence-corrected chi connectivity index (χ4v) is 5.29. The smallest absolute Gasteiger partial charge is 0.251 e. The Morgan fingerprint density at radius 1 is 0.881 bits per heavy atom. The van der Waals surface area contributed by atoms with Crippen LogP contribution in [0.25, 0.3) is 16.7 Å². The number of anilines is 2. The first kappa shape index (κ1) is 27.1. The molecule has 1 aliphatic rings. The van der Waals surface area contributed by atoms with E-state index in [9.17, 15) is 4.79 Å². The third-order valence-corrected chi connectivity index (χ3v) is 7.56. The molecule has 0 unspecified atom stereocenters. The number of aromatic nitrogens is 4. The lowest BCUT2D eigenvalue weighted by Gasteiger charge is -2.37. The summed E-state index contributed by atoms with van der Waals surface area (Å²) in [4.78, 5) is 26.7. The molecule has 1 N–H and O–H groups in total. The lowest BCUT2D eigenvalue weighted by atomic mass is 10.1. The van der Waals surface area contributed by atoms with Gasteiger partial charge in [0.05, 0.1) is 37.2 Å². The standard InChI is InChI=1S/C32H33N7O3/c1-41-26-11-8-23(9-12-26)14-15-33-32(40)24-10-13-29(42-2)28(20-24)37-16-18-38(19-17-37)30-27-21-36-39(31(27)35-22-34-30)25-6-4-3-5-7-25/h3-13,20-22H,14-19H2,1-2H3,(H,33,40). The second-order valence-electron chi connectivity index (χ2n) is 10.0. The highest BCUT2D eigenvalue weighted by Crippen LogP contribution is 2.32. The van der Waals surface area contributed by atoms with Crippen molar-refractivity contribution in [2.24, 2.45) is 0 Å². The Bertz CT molecular complexity index is 1660. The average molecular weight is 564 g/mol. The molecule has 5 aromatic rings. The largest absolute Gasteiger partial charge is 0.497 e. The first-order valence-corrected chi connectivity index (χ1v) is 14.0. The maximum atomic E-state index is 13.0. The van der Waals surface area contributed by atoms with E-state index in [0.29, 0.717) is 12.1 Å². The van der Waals surface area contributed by atoms with E-state index in [4.69, 9.17) is 9.47 Å². The van der Waals surface area contributed by atoms with Gasteiger partial charge in [0.1, 0.15) is 23.6 Å². The number of fused-ring (bicyclic) bond motifs is 1. The number of hydrogen-bond acceptors (Lipinski definition) is 8. The van der Waals surface area contributed by atoms with Crippen LogP contribution in [0.1, 0.15) is 15.9 Å². The molecule has 2 aromatic heterocycles. The SMILES string of the molecule is COc1ccc(CCNC(=O)c2ccc(OC)c(N3CCN(c4ncnc5c4cnn5-c4ccccc4)CC3)c2)cc1. The number of amides is 1. The van der Waals surface area contributed by atoms with Crippen molar-refractivity contribution >= 4 is 28.4 Å². The molecule has 42 heavy (non-hydrogen) atoms. The molecule has 1 saturated heterocycles. The number of ether oxygens (including phenoxy) is 2. The van der Waals surface area contributed by atoms with Crippen LogP contribution in [0.4, 0.5) is 11.5 Å². The summed E-state index contributed by atoms with van der Waals surface area (Å²) >= 11 is 0. The van der Waals surface area contributed by atoms with Crippen LogP contribution in [-0.2, 0) is 6.42 Å². The Kier molecular flexibility index (Phi) is 7.85. The maximum Gasteiger partial charge on any atom is 0.251 e. The minimum Gasteiger partial charge on any atom is -0.497 e. The van der Waals surface area contributed by atoms with Crippen LogP contribution in [-0.4, -0.2) is 72.6 Å². The minimum absolute atomic E-state index is 0.107. The summed E-state index contributed by atoms with van der Waals surface area (Å²) in [5.74, 6) is 2.33. The monoisotopic (exact) mass is 563 g/mol. The predicted octanol–water partition coefficient (Wildman–Crippen LogP) is 4.13. The Balaban J connectivity index is 1.12. The second kappa shape index (κ2) is 12.2. The van der Waals surface area contributed by atoms with Gasteiger partial charge in [-0.15, -0.1) is 0 Å². The molecule has 6 rings (SSSR count). The Morgan fingerprint density at radius 2 is 1.64 bits per heavy atom. The van der Waals surface area contributed by atoms with Crippen LogP contribution >= 0.6 is 0 Å². The molecular formula is C32H33N7O3. The van der Waals surface area contributed by atoms with Crippen LogP contribution in [0, 0.1) is 0 Å². The van der Waals surface area contributed by atoms with E-state index in [1.807, 2.05) is 83.7 Å². The molecule has 0 aliphatic carbocycles. The number of piperazine rings is 1. The lowest BCUT2D eigenvalue weighted by molar-refractivity contribution is 0.0954. The van der Waals surface area contributed by atoms with E-state index in [1.54, 1.807) is 20.5 Å². The average Bonchev–Trinajstić information content (AvgIpc) is 3.50. The zero-order valence-corrected chi connectivity index (χ0v) is 23.7. The number of para-hydroxylation sites is 1. The van der Waals surface area contributed by atoms with Crippen LogP contribution in [0.5, 0.6) is 11.5 Å². The van der Waals surface area contributed by atoms with E-state index in [-0.39, 0.29) is 5.91 Å². The fourth-order valence-electron chi connectivity index (χ4n) is 5.29. The first-order valence-electron chi connectivity index (χ1n) is 14.0. The molecule has 3 heterocycles. The van der Waals surface area contributed by atoms with Gasteiger partial charge in [-0.05, 0) is 54.4 Å². The molecule has 0 saturated carbocycles. The van der Waals surface area contributed by atoms with Gasteiger partial charge in [0.2, 0.25) is 0 Å². The normalized spacial score (nSPS) is 13.3. The summed E-state index contributed by atoms with van der Waals surface area (Å²) in [6, 6.07) is 23.4. The molecule has 10 heteroatoms. The van der Waals surface area contributed by atoms with Gasteiger partial charge in [-0.25, -0.2) is 14.6 Å². The number of nitrogens with one attached hydrogen (secondary N) is 1. The molecular weight excluding hydrogens is 530 g/mol. The Morgan fingerprint density at radius 3 is 2.38 bits per heavy atom. The molecule has 0 radical (unpaired) electrons. The summed E-state index contributed by atoms with van der Waals surface area (Å²) in [5, 5.41) is 8.56. The third-order valence-electron chi connectivity index (χ3n) is 7.56. The van der Waals surface area contributed by atoms with Crippen molar-refractivity contribution in [3.63, 3.8) is 0 Å². The molecule has 0 bridgehead atoms. The third kappa shape index (κ3) is 5.56. The zero-order valence-electron chi connectivity index (χ0n) is 23.7. The van der Waals surface area contributed by atoms with Gasteiger partial charge in [-0.3, -0.25) is 4.79 Å². The molecule has 0 spiro atoms. The van der Waals surface area contributed by atoms with Crippen molar-refractivity contribution < 1.29 is 14.3 Å². The van der Waals surface area contributed by atoms with Gasteiger partial charge in [0.25, 0.3) is 5.91 Å². The number of methoxy groups -OCH3 is 2. The molecule has 1 amide bonds. The number of carbonyl (C=O) groups excluding carboxylic acids is 1. The van der Waals surface area contributed by atoms with Crippen molar-refractivity contribution in [2.45, 2.75) is 6.42 Å². The lowest BCUT2D eigenvalue weighted by Crippen LogP contribution is -2.47. The Hall–Kier alpha value is -5.12. The number of rotatable bonds is 9. The van der Waals surface area contributed by atoms with Crippen molar-refractivity contribution in [1.29, 1.82) is 0 Å². The van der Waals surface area contributed by atoms with E-state index >= 15 is 0 Å². The van der Waals surface area contributed by atoms with Crippen LogP contribution in [0.3, 0.4) is 0 Å². The van der Waals surface area contributed by atoms with Crippen molar-refractivity contribution in [1.82, 2.24) is 25.1 Å². The van der Waals surface area contributed by atoms with Gasteiger partial charge >= 0.3 is 0 Å². The quantitative estimate of drug-likeness (QED) is 0.286. The number of benzene rings is 3. The summed E-state index contributed by atoms with van der Waals surface area (Å²) in [6.07, 6.45) is 4.18. The summed E-state index contributed by atoms with van der Waals surface area (Å²) in [6.45, 7) is 3.54. The number of hydrogen-bond donors (Lipinski definition) is 1. The van der Waals surface area contributed by atoms with Crippen molar-refractivity contribution in [3.8, 4) is 17.2 Å². The second-order valence-corrected chi connectivity index (χ2v) is 10.0. The van der Waals surface area contributed by atoms with Gasteiger partial charge < -0.3 is 24.6 Å². The Labute approximate surface area is 244 Å². The maximum absolute atomic E-state index is 13.0.